The number of halogens is 1. The van der Waals surface area contributed by atoms with E-state index >= 15 is 4.39 Å². The van der Waals surface area contributed by atoms with Crippen molar-refractivity contribution in [3.63, 3.8) is 0 Å². The van der Waals surface area contributed by atoms with Gasteiger partial charge in [0.05, 0.1) is 23.4 Å². The summed E-state index contributed by atoms with van der Waals surface area (Å²) in [5, 5.41) is 18.0. The summed E-state index contributed by atoms with van der Waals surface area (Å²) >= 11 is 0. The van der Waals surface area contributed by atoms with Gasteiger partial charge in [0, 0.05) is 43.7 Å². The number of aryl methyl sites for hydroxylation is 1. The summed E-state index contributed by atoms with van der Waals surface area (Å²) in [6, 6.07) is 15.5. The summed E-state index contributed by atoms with van der Waals surface area (Å²) in [5.74, 6) is -0.867. The molecule has 1 aromatic heterocycles. The Balaban J connectivity index is 1.21. The van der Waals surface area contributed by atoms with Crippen LogP contribution in [0.2, 0.25) is 0 Å². The van der Waals surface area contributed by atoms with E-state index in [1.54, 1.807) is 6.07 Å². The molecule has 1 spiro atoms. The van der Waals surface area contributed by atoms with Crippen molar-refractivity contribution in [3.05, 3.63) is 88.9 Å². The molecule has 6 rings (SSSR count). The van der Waals surface area contributed by atoms with Crippen LogP contribution in [0, 0.1) is 5.82 Å². The van der Waals surface area contributed by atoms with Crippen molar-refractivity contribution in [3.8, 4) is 5.88 Å². The number of ether oxygens (including phenoxy) is 1. The van der Waals surface area contributed by atoms with Crippen molar-refractivity contribution in [1.29, 1.82) is 0 Å². The van der Waals surface area contributed by atoms with Crippen LogP contribution in [0.15, 0.2) is 60.8 Å². The number of nitrogens with zero attached hydrogens (tertiary/aromatic N) is 2. The molecule has 3 heterocycles. The van der Waals surface area contributed by atoms with Crippen LogP contribution in [0.3, 0.4) is 0 Å². The third kappa shape index (κ3) is 6.15. The van der Waals surface area contributed by atoms with Crippen LogP contribution in [0.4, 0.5) is 10.1 Å². The zero-order valence-electron chi connectivity index (χ0n) is 24.5. The number of hydrogen-bond acceptors (Lipinski definition) is 6. The van der Waals surface area contributed by atoms with E-state index in [-0.39, 0.29) is 35.3 Å². The Kier molecular flexibility index (Phi) is 8.45. The first kappa shape index (κ1) is 29.3. The first-order valence-corrected chi connectivity index (χ1v) is 15.4. The molecule has 3 atom stereocenters. The first-order chi connectivity index (χ1) is 20.9. The minimum Gasteiger partial charge on any atom is -0.471 e. The van der Waals surface area contributed by atoms with E-state index in [0.717, 1.165) is 48.8 Å². The number of benzene rings is 2. The van der Waals surface area contributed by atoms with E-state index < -0.39 is 23.9 Å². The summed E-state index contributed by atoms with van der Waals surface area (Å²) in [7, 11) is 0. The number of aliphatic hydroxyl groups is 1. The number of rotatable bonds is 10. The molecule has 9 heteroatoms. The van der Waals surface area contributed by atoms with Gasteiger partial charge in [0.1, 0.15) is 5.60 Å². The smallest absolute Gasteiger partial charge is 0.254 e. The van der Waals surface area contributed by atoms with E-state index in [9.17, 15) is 14.7 Å². The molecule has 3 aliphatic rings. The summed E-state index contributed by atoms with van der Waals surface area (Å²) in [6.45, 7) is 2.72. The maximum Gasteiger partial charge on any atom is 0.254 e. The van der Waals surface area contributed by atoms with Crippen molar-refractivity contribution in [1.82, 2.24) is 15.6 Å². The Morgan fingerprint density at radius 2 is 1.98 bits per heavy atom. The van der Waals surface area contributed by atoms with Gasteiger partial charge in [-0.05, 0) is 67.9 Å². The van der Waals surface area contributed by atoms with Crippen molar-refractivity contribution in [2.75, 3.05) is 18.0 Å². The van der Waals surface area contributed by atoms with Crippen molar-refractivity contribution >= 4 is 17.5 Å². The van der Waals surface area contributed by atoms with Gasteiger partial charge < -0.3 is 25.4 Å². The highest BCUT2D eigenvalue weighted by Gasteiger charge is 2.46. The van der Waals surface area contributed by atoms with Crippen LogP contribution in [0.5, 0.6) is 5.88 Å². The minimum absolute atomic E-state index is 0.0575. The topological polar surface area (TPSA) is 104 Å². The molecule has 1 saturated heterocycles. The summed E-state index contributed by atoms with van der Waals surface area (Å²) < 4.78 is 21.9. The average Bonchev–Trinajstić information content (AvgIpc) is 3.44. The van der Waals surface area contributed by atoms with Crippen LogP contribution in [0.1, 0.15) is 78.5 Å². The number of pyridine rings is 1. The summed E-state index contributed by atoms with van der Waals surface area (Å²) in [5.41, 5.74) is 2.77. The number of fused-ring (bicyclic) bond motifs is 1. The predicted octanol–water partition coefficient (Wildman–Crippen LogP) is 4.65. The van der Waals surface area contributed by atoms with E-state index in [4.69, 9.17) is 4.74 Å². The number of amides is 2. The molecule has 2 aliphatic heterocycles. The molecule has 2 amide bonds. The monoisotopic (exact) mass is 586 g/mol. The molecule has 3 aromatic rings. The van der Waals surface area contributed by atoms with Gasteiger partial charge in [0.15, 0.2) is 5.82 Å². The second-order valence-electron chi connectivity index (χ2n) is 12.0. The van der Waals surface area contributed by atoms with E-state index in [2.05, 4.69) is 28.6 Å². The van der Waals surface area contributed by atoms with Crippen molar-refractivity contribution in [2.24, 2.45) is 0 Å². The van der Waals surface area contributed by atoms with Crippen LogP contribution < -0.4 is 20.3 Å². The van der Waals surface area contributed by atoms with Crippen molar-refractivity contribution < 1.29 is 23.8 Å². The van der Waals surface area contributed by atoms with Gasteiger partial charge in [-0.25, -0.2) is 9.37 Å². The second-order valence-corrected chi connectivity index (χ2v) is 12.0. The lowest BCUT2D eigenvalue weighted by atomic mass is 9.73. The molecule has 3 N–H and O–H groups in total. The number of carbonyl (C=O) groups excluding carboxylic acids is 2. The first-order valence-electron chi connectivity index (χ1n) is 15.4. The Morgan fingerprint density at radius 1 is 1.16 bits per heavy atom. The lowest BCUT2D eigenvalue weighted by molar-refractivity contribution is -0.117. The molecule has 2 aromatic carbocycles. The Morgan fingerprint density at radius 3 is 2.67 bits per heavy atom. The van der Waals surface area contributed by atoms with Gasteiger partial charge in [-0.1, -0.05) is 43.3 Å². The van der Waals surface area contributed by atoms with Gasteiger partial charge in [-0.3, -0.25) is 9.59 Å². The van der Waals surface area contributed by atoms with E-state index in [0.29, 0.717) is 31.7 Å². The maximum absolute atomic E-state index is 15.6. The molecule has 43 heavy (non-hydrogen) atoms. The highest BCUT2D eigenvalue weighted by atomic mass is 19.1. The molecule has 226 valence electrons. The highest BCUT2D eigenvalue weighted by Crippen LogP contribution is 2.48. The van der Waals surface area contributed by atoms with Crippen LogP contribution in [0.25, 0.3) is 0 Å². The molecular formula is C34H39FN4O4. The predicted molar refractivity (Wildman–Crippen MR) is 162 cm³/mol. The SMILES string of the molecule is CCc1cnc2c(c1)[C@@H](NC[C@@H](O)[C@H](Cc1ccccc1)NC(=O)c1cccc(N3CCCC3=O)c1F)CC1(CCC1)O2. The van der Waals surface area contributed by atoms with Crippen LogP contribution >= 0.6 is 0 Å². The number of aliphatic hydroxyl groups excluding tert-OH is 1. The molecule has 0 bridgehead atoms. The minimum atomic E-state index is -0.971. The van der Waals surface area contributed by atoms with Crippen molar-refractivity contribution in [2.45, 2.75) is 82.1 Å². The van der Waals surface area contributed by atoms with Gasteiger partial charge in [0.2, 0.25) is 11.8 Å². The molecule has 1 saturated carbocycles. The van der Waals surface area contributed by atoms with Crippen LogP contribution in [-0.4, -0.2) is 52.7 Å². The fraction of sp³-hybridized carbons (Fsp3) is 0.441. The number of anilines is 1. The molecular weight excluding hydrogens is 547 g/mol. The molecule has 8 nitrogen and oxygen atoms in total. The van der Waals surface area contributed by atoms with Gasteiger partial charge in [0.25, 0.3) is 5.91 Å². The summed E-state index contributed by atoms with van der Waals surface area (Å²) in [4.78, 5) is 31.8. The molecule has 0 unspecified atom stereocenters. The molecule has 2 fully saturated rings. The average molecular weight is 587 g/mol. The normalized spacial score (nSPS) is 20.2. The Labute approximate surface area is 251 Å². The number of carbonyl (C=O) groups is 2. The lowest BCUT2D eigenvalue weighted by Gasteiger charge is -2.47. The largest absolute Gasteiger partial charge is 0.471 e. The Bertz CT molecular complexity index is 1480. The Hall–Kier alpha value is -3.82. The third-order valence-corrected chi connectivity index (χ3v) is 9.11. The lowest BCUT2D eigenvalue weighted by Crippen LogP contribution is -2.52. The third-order valence-electron chi connectivity index (χ3n) is 9.11. The van der Waals surface area contributed by atoms with Gasteiger partial charge in [-0.2, -0.15) is 0 Å². The fourth-order valence-corrected chi connectivity index (χ4v) is 6.44. The zero-order chi connectivity index (χ0) is 30.0. The quantitative estimate of drug-likeness (QED) is 0.320. The van der Waals surface area contributed by atoms with Crippen LogP contribution in [-0.2, 0) is 17.6 Å². The van der Waals surface area contributed by atoms with E-state index in [1.165, 1.54) is 17.0 Å². The number of hydrogen-bond donors (Lipinski definition) is 3. The van der Waals surface area contributed by atoms with Gasteiger partial charge >= 0.3 is 0 Å². The number of nitrogens with one attached hydrogen (secondary N) is 2. The second kappa shape index (κ2) is 12.4. The standard InChI is InChI=1S/C34H39FN4O4/c1-2-22-17-25-27(19-34(14-8-15-34)43-33(25)37-20-22)36-21-29(40)26(18-23-9-4-3-5-10-23)38-32(42)24-11-6-12-28(31(24)35)39-16-7-13-30(39)41/h3-6,9-12,17,20,26-27,29,36,40H,2,7-8,13-16,18-19,21H2,1H3,(H,38,42)/t26-,27-,29+/m0/s1. The number of aromatic nitrogens is 1. The molecule has 0 radical (unpaired) electrons. The van der Waals surface area contributed by atoms with E-state index in [1.807, 2.05) is 36.5 Å². The highest BCUT2D eigenvalue weighted by molar-refractivity contribution is 5.99. The van der Waals surface area contributed by atoms with Gasteiger partial charge in [-0.15, -0.1) is 0 Å². The summed E-state index contributed by atoms with van der Waals surface area (Å²) in [6.07, 6.45) is 6.98. The maximum atomic E-state index is 15.6. The fourth-order valence-electron chi connectivity index (χ4n) is 6.44. The molecule has 1 aliphatic carbocycles. The zero-order valence-corrected chi connectivity index (χ0v) is 24.5.